The molecule has 0 atom stereocenters. The van der Waals surface area contributed by atoms with Gasteiger partial charge in [-0.05, 0) is 24.8 Å². The Balaban J connectivity index is 2.15. The van der Waals surface area contributed by atoms with Crippen molar-refractivity contribution in [2.45, 2.75) is 52.7 Å². The van der Waals surface area contributed by atoms with Crippen LogP contribution in [0.25, 0.3) is 0 Å². The third kappa shape index (κ3) is 2.46. The van der Waals surface area contributed by atoms with Gasteiger partial charge in [-0.3, -0.25) is 9.48 Å². The average Bonchev–Trinajstić information content (AvgIpc) is 2.78. The topological polar surface area (TPSA) is 58.4 Å². The molecule has 1 aromatic rings. The van der Waals surface area contributed by atoms with Gasteiger partial charge in [0.05, 0.1) is 18.8 Å². The molecule has 1 saturated heterocycles. The number of aromatic nitrogens is 2. The van der Waals surface area contributed by atoms with Crippen LogP contribution < -0.4 is 0 Å². The number of carbonyl (C=O) groups is 1. The second-order valence-corrected chi connectivity index (χ2v) is 6.34. The summed E-state index contributed by atoms with van der Waals surface area (Å²) in [5.74, 6) is 0.434. The van der Waals surface area contributed by atoms with Crippen molar-refractivity contribution in [3.05, 3.63) is 17.5 Å². The van der Waals surface area contributed by atoms with E-state index in [9.17, 15) is 9.90 Å². The van der Waals surface area contributed by atoms with Crippen LogP contribution in [0.15, 0.2) is 6.07 Å². The summed E-state index contributed by atoms with van der Waals surface area (Å²) < 4.78 is 1.75. The average molecular weight is 279 g/mol. The second-order valence-electron chi connectivity index (χ2n) is 6.34. The van der Waals surface area contributed by atoms with Crippen molar-refractivity contribution >= 4 is 5.91 Å². The van der Waals surface area contributed by atoms with Crippen LogP contribution in [-0.4, -0.2) is 44.4 Å². The van der Waals surface area contributed by atoms with E-state index in [1.54, 1.807) is 9.58 Å². The molecule has 112 valence electrons. The minimum absolute atomic E-state index is 0.0309. The fourth-order valence-corrected chi connectivity index (χ4v) is 2.42. The molecular formula is C15H25N3O2. The van der Waals surface area contributed by atoms with Crippen LogP contribution in [0.3, 0.4) is 0 Å². The lowest BCUT2D eigenvalue weighted by Crippen LogP contribution is -2.66. The molecule has 0 aliphatic carbocycles. The van der Waals surface area contributed by atoms with Crippen LogP contribution in [0.2, 0.25) is 0 Å². The third-order valence-electron chi connectivity index (χ3n) is 4.20. The molecule has 5 nitrogen and oxygen atoms in total. The summed E-state index contributed by atoms with van der Waals surface area (Å²) in [7, 11) is 0. The van der Waals surface area contributed by atoms with E-state index in [0.717, 1.165) is 5.69 Å². The van der Waals surface area contributed by atoms with Gasteiger partial charge >= 0.3 is 0 Å². The summed E-state index contributed by atoms with van der Waals surface area (Å²) in [6, 6.07) is 1.88. The summed E-state index contributed by atoms with van der Waals surface area (Å²) in [5.41, 5.74) is 0.838. The number of aliphatic hydroxyl groups is 1. The number of carbonyl (C=O) groups excluding carboxylic acids is 1. The van der Waals surface area contributed by atoms with Gasteiger partial charge < -0.3 is 10.0 Å². The van der Waals surface area contributed by atoms with Gasteiger partial charge in [0.15, 0.2) is 0 Å². The second kappa shape index (κ2) is 5.20. The zero-order chi connectivity index (χ0) is 15.1. The Morgan fingerprint density at radius 3 is 2.45 bits per heavy atom. The van der Waals surface area contributed by atoms with E-state index in [1.165, 1.54) is 0 Å². The minimum atomic E-state index is -0.729. The highest BCUT2D eigenvalue weighted by Crippen LogP contribution is 2.30. The molecule has 1 aromatic heterocycles. The fourth-order valence-electron chi connectivity index (χ4n) is 2.42. The molecule has 1 aliphatic heterocycles. The van der Waals surface area contributed by atoms with E-state index in [2.05, 4.69) is 18.9 Å². The Labute approximate surface area is 120 Å². The Morgan fingerprint density at radius 1 is 1.40 bits per heavy atom. The fraction of sp³-hybridized carbons (Fsp3) is 0.733. The largest absolute Gasteiger partial charge is 0.386 e. The first-order chi connectivity index (χ1) is 9.28. The molecule has 0 unspecified atom stereocenters. The van der Waals surface area contributed by atoms with Crippen molar-refractivity contribution in [2.24, 2.45) is 5.92 Å². The maximum atomic E-state index is 12.5. The first-order valence-corrected chi connectivity index (χ1v) is 7.38. The zero-order valence-corrected chi connectivity index (χ0v) is 13.1. The molecule has 1 amide bonds. The molecule has 0 aromatic carbocycles. The van der Waals surface area contributed by atoms with Gasteiger partial charge in [-0.1, -0.05) is 27.7 Å². The lowest BCUT2D eigenvalue weighted by Gasteiger charge is -2.48. The monoisotopic (exact) mass is 279 g/mol. The van der Waals surface area contributed by atoms with Gasteiger partial charge in [-0.2, -0.15) is 5.10 Å². The molecule has 1 aliphatic rings. The predicted octanol–water partition coefficient (Wildman–Crippen LogP) is 1.87. The number of rotatable bonds is 4. The normalized spacial score (nSPS) is 17.7. The molecule has 5 heteroatoms. The van der Waals surface area contributed by atoms with Gasteiger partial charge in [0.1, 0.15) is 11.3 Å². The SMILES string of the molecule is CCn1nc(C(C)C)cc1C(=O)N1CC(O)(C(C)C)C1. The van der Waals surface area contributed by atoms with Crippen molar-refractivity contribution < 1.29 is 9.90 Å². The van der Waals surface area contributed by atoms with Gasteiger partial charge in [0.25, 0.3) is 5.91 Å². The number of β-amino-alcohol motifs (C(OH)–C–C–N with tert-alkyl or cyclic N) is 1. The summed E-state index contributed by atoms with van der Waals surface area (Å²) >= 11 is 0. The standard InChI is InChI=1S/C15H25N3O2/c1-6-18-13(7-12(16-18)10(2)3)14(19)17-8-15(20,9-17)11(4)5/h7,10-11,20H,6,8-9H2,1-5H3. The molecule has 0 bridgehead atoms. The maximum absolute atomic E-state index is 12.5. The predicted molar refractivity (Wildman–Crippen MR) is 77.7 cm³/mol. The van der Waals surface area contributed by atoms with Crippen molar-refractivity contribution in [1.29, 1.82) is 0 Å². The molecule has 0 spiro atoms. The van der Waals surface area contributed by atoms with Crippen molar-refractivity contribution in [3.63, 3.8) is 0 Å². The maximum Gasteiger partial charge on any atom is 0.272 e. The first-order valence-electron chi connectivity index (χ1n) is 7.38. The number of hydrogen-bond donors (Lipinski definition) is 1. The van der Waals surface area contributed by atoms with Crippen LogP contribution >= 0.6 is 0 Å². The molecule has 2 rings (SSSR count). The summed E-state index contributed by atoms with van der Waals surface area (Å²) in [6.07, 6.45) is 0. The van der Waals surface area contributed by atoms with Crippen molar-refractivity contribution in [3.8, 4) is 0 Å². The number of hydrogen-bond acceptors (Lipinski definition) is 3. The lowest BCUT2D eigenvalue weighted by atomic mass is 9.83. The van der Waals surface area contributed by atoms with E-state index in [4.69, 9.17) is 0 Å². The first kappa shape index (κ1) is 15.0. The van der Waals surface area contributed by atoms with Crippen LogP contribution in [0.5, 0.6) is 0 Å². The molecule has 2 heterocycles. The van der Waals surface area contributed by atoms with Crippen LogP contribution in [0.4, 0.5) is 0 Å². The van der Waals surface area contributed by atoms with Gasteiger partial charge in [0.2, 0.25) is 0 Å². The highest BCUT2D eigenvalue weighted by Gasteiger charge is 2.46. The number of likely N-dealkylation sites (tertiary alicyclic amines) is 1. The molecule has 0 radical (unpaired) electrons. The van der Waals surface area contributed by atoms with E-state index in [1.807, 2.05) is 26.8 Å². The Morgan fingerprint density at radius 2 is 2.00 bits per heavy atom. The smallest absolute Gasteiger partial charge is 0.272 e. The van der Waals surface area contributed by atoms with Gasteiger partial charge in [0, 0.05) is 6.54 Å². The Hall–Kier alpha value is -1.36. The van der Waals surface area contributed by atoms with Crippen molar-refractivity contribution in [1.82, 2.24) is 14.7 Å². The van der Waals surface area contributed by atoms with E-state index < -0.39 is 5.60 Å². The van der Waals surface area contributed by atoms with Gasteiger partial charge in [-0.25, -0.2) is 0 Å². The summed E-state index contributed by atoms with van der Waals surface area (Å²) in [5, 5.41) is 14.7. The quantitative estimate of drug-likeness (QED) is 0.915. The molecule has 0 saturated carbocycles. The highest BCUT2D eigenvalue weighted by molar-refractivity contribution is 5.93. The van der Waals surface area contributed by atoms with Crippen LogP contribution in [-0.2, 0) is 6.54 Å². The summed E-state index contributed by atoms with van der Waals surface area (Å²) in [4.78, 5) is 14.2. The van der Waals surface area contributed by atoms with E-state index in [-0.39, 0.29) is 11.8 Å². The third-order valence-corrected chi connectivity index (χ3v) is 4.20. The Bertz CT molecular complexity index is 499. The zero-order valence-electron chi connectivity index (χ0n) is 13.1. The Kier molecular flexibility index (Phi) is 3.91. The van der Waals surface area contributed by atoms with Crippen molar-refractivity contribution in [2.75, 3.05) is 13.1 Å². The van der Waals surface area contributed by atoms with Crippen LogP contribution in [0, 0.1) is 5.92 Å². The highest BCUT2D eigenvalue weighted by atomic mass is 16.3. The molecule has 20 heavy (non-hydrogen) atoms. The molecule has 1 fully saturated rings. The van der Waals surface area contributed by atoms with Gasteiger partial charge in [-0.15, -0.1) is 0 Å². The number of nitrogens with zero attached hydrogens (tertiary/aromatic N) is 3. The molecular weight excluding hydrogens is 254 g/mol. The summed E-state index contributed by atoms with van der Waals surface area (Å²) in [6.45, 7) is 11.6. The number of amides is 1. The van der Waals surface area contributed by atoms with E-state index in [0.29, 0.717) is 31.2 Å². The van der Waals surface area contributed by atoms with E-state index >= 15 is 0 Å². The minimum Gasteiger partial charge on any atom is -0.386 e. The number of aryl methyl sites for hydroxylation is 1. The lowest BCUT2D eigenvalue weighted by molar-refractivity contribution is -0.111. The molecule has 1 N–H and O–H groups in total. The van der Waals surface area contributed by atoms with Crippen LogP contribution in [0.1, 0.15) is 56.7 Å².